The Morgan fingerprint density at radius 1 is 1.47 bits per heavy atom. The monoisotopic (exact) mass is 229 g/mol. The molecule has 0 spiro atoms. The summed E-state index contributed by atoms with van der Waals surface area (Å²) in [4.78, 5) is 0. The fourth-order valence-corrected chi connectivity index (χ4v) is 1.57. The van der Waals surface area contributed by atoms with E-state index in [2.05, 4.69) is 5.10 Å². The van der Waals surface area contributed by atoms with Gasteiger partial charge in [0, 0.05) is 11.9 Å². The van der Waals surface area contributed by atoms with Crippen molar-refractivity contribution in [2.45, 2.75) is 13.5 Å². The molecule has 3 nitrogen and oxygen atoms in total. The maximum absolute atomic E-state index is 13.2. The van der Waals surface area contributed by atoms with Crippen molar-refractivity contribution in [1.29, 1.82) is 0 Å². The maximum atomic E-state index is 13.2. The van der Waals surface area contributed by atoms with Crippen LogP contribution in [0.5, 0.6) is 0 Å². The van der Waals surface area contributed by atoms with E-state index in [9.17, 15) is 4.39 Å². The molecule has 0 fully saturated rings. The zero-order valence-electron chi connectivity index (χ0n) is 8.40. The van der Waals surface area contributed by atoms with E-state index in [1.807, 2.05) is 0 Å². The lowest BCUT2D eigenvalue weighted by Gasteiger charge is -2.02. The number of hydrogen-bond acceptors (Lipinski definition) is 2. The Morgan fingerprint density at radius 2 is 2.20 bits per heavy atom. The number of rotatable bonds is 2. The number of hydrogen-bond donors (Lipinski definition) is 1. The first kappa shape index (κ1) is 11.9. The Labute approximate surface area is 93.5 Å². The van der Waals surface area contributed by atoms with Crippen LogP contribution in [-0.2, 0) is 6.54 Å². The van der Waals surface area contributed by atoms with E-state index >= 15 is 0 Å². The van der Waals surface area contributed by atoms with E-state index in [0.29, 0.717) is 18.7 Å². The number of fused-ring (bicyclic) bond motifs is 1. The van der Waals surface area contributed by atoms with Crippen molar-refractivity contribution in [3.63, 3.8) is 0 Å². The molecule has 0 saturated heterocycles. The molecule has 1 aromatic carbocycles. The molecule has 1 heterocycles. The van der Waals surface area contributed by atoms with Crippen LogP contribution in [0.25, 0.3) is 10.9 Å². The quantitative estimate of drug-likeness (QED) is 0.855. The SMILES string of the molecule is Cc1c(F)ccc2c1cnn2CCN.Cl. The van der Waals surface area contributed by atoms with Crippen LogP contribution in [-0.4, -0.2) is 16.3 Å². The Balaban J connectivity index is 0.00000112. The highest BCUT2D eigenvalue weighted by Gasteiger charge is 2.07. The van der Waals surface area contributed by atoms with Gasteiger partial charge in [-0.2, -0.15) is 5.10 Å². The first-order valence-corrected chi connectivity index (χ1v) is 4.54. The summed E-state index contributed by atoms with van der Waals surface area (Å²) in [5.41, 5.74) is 7.03. The fourth-order valence-electron chi connectivity index (χ4n) is 1.57. The van der Waals surface area contributed by atoms with Gasteiger partial charge in [0.15, 0.2) is 0 Å². The predicted octanol–water partition coefficient (Wildman–Crippen LogP) is 1.86. The van der Waals surface area contributed by atoms with Gasteiger partial charge in [0.2, 0.25) is 0 Å². The summed E-state index contributed by atoms with van der Waals surface area (Å²) in [6, 6.07) is 3.20. The third-order valence-corrected chi connectivity index (χ3v) is 2.37. The van der Waals surface area contributed by atoms with Crippen molar-refractivity contribution in [2.24, 2.45) is 5.73 Å². The minimum atomic E-state index is -0.190. The molecule has 15 heavy (non-hydrogen) atoms. The lowest BCUT2D eigenvalue weighted by molar-refractivity contribution is 0.620. The third-order valence-electron chi connectivity index (χ3n) is 2.37. The van der Waals surface area contributed by atoms with E-state index in [0.717, 1.165) is 10.9 Å². The Kier molecular flexibility index (Phi) is 3.66. The average Bonchev–Trinajstić information content (AvgIpc) is 2.57. The highest BCUT2D eigenvalue weighted by atomic mass is 35.5. The topological polar surface area (TPSA) is 43.8 Å². The highest BCUT2D eigenvalue weighted by Crippen LogP contribution is 2.20. The molecule has 82 valence electrons. The van der Waals surface area contributed by atoms with Crippen LogP contribution in [0.2, 0.25) is 0 Å². The van der Waals surface area contributed by atoms with Gasteiger partial charge in [-0.25, -0.2) is 4.39 Å². The summed E-state index contributed by atoms with van der Waals surface area (Å²) in [6.45, 7) is 2.95. The lowest BCUT2D eigenvalue weighted by atomic mass is 10.1. The van der Waals surface area contributed by atoms with Crippen molar-refractivity contribution < 1.29 is 4.39 Å². The van der Waals surface area contributed by atoms with E-state index in [1.54, 1.807) is 23.9 Å². The number of nitrogens with zero attached hydrogens (tertiary/aromatic N) is 2. The summed E-state index contributed by atoms with van der Waals surface area (Å²) in [5.74, 6) is -0.190. The molecule has 0 saturated carbocycles. The molecule has 5 heteroatoms. The van der Waals surface area contributed by atoms with Gasteiger partial charge in [0.1, 0.15) is 5.82 Å². The smallest absolute Gasteiger partial charge is 0.126 e. The lowest BCUT2D eigenvalue weighted by Crippen LogP contribution is -2.10. The Bertz CT molecular complexity index is 467. The number of aromatic nitrogens is 2. The normalized spacial score (nSPS) is 10.3. The van der Waals surface area contributed by atoms with Gasteiger partial charge >= 0.3 is 0 Å². The Hall–Kier alpha value is -1.13. The molecule has 2 aromatic rings. The molecular formula is C10H13ClFN3. The van der Waals surface area contributed by atoms with Crippen molar-refractivity contribution in [3.05, 3.63) is 29.7 Å². The average molecular weight is 230 g/mol. The van der Waals surface area contributed by atoms with Crippen LogP contribution in [0.15, 0.2) is 18.3 Å². The van der Waals surface area contributed by atoms with Gasteiger partial charge in [-0.05, 0) is 24.6 Å². The first-order valence-electron chi connectivity index (χ1n) is 4.54. The molecular weight excluding hydrogens is 217 g/mol. The molecule has 0 amide bonds. The predicted molar refractivity (Wildman–Crippen MR) is 60.7 cm³/mol. The van der Waals surface area contributed by atoms with E-state index < -0.39 is 0 Å². The van der Waals surface area contributed by atoms with Gasteiger partial charge in [-0.1, -0.05) is 0 Å². The van der Waals surface area contributed by atoms with Crippen LogP contribution in [0.4, 0.5) is 4.39 Å². The van der Waals surface area contributed by atoms with Crippen molar-refractivity contribution >= 4 is 23.3 Å². The van der Waals surface area contributed by atoms with Crippen LogP contribution < -0.4 is 5.73 Å². The number of benzene rings is 1. The number of nitrogens with two attached hydrogens (primary N) is 1. The zero-order chi connectivity index (χ0) is 10.1. The van der Waals surface area contributed by atoms with Crippen molar-refractivity contribution in [1.82, 2.24) is 9.78 Å². The standard InChI is InChI=1S/C10H12FN3.ClH/c1-7-8-6-13-14(5-4-12)10(8)3-2-9(7)11;/h2-3,6H,4-5,12H2,1H3;1H. The minimum Gasteiger partial charge on any atom is -0.329 e. The Morgan fingerprint density at radius 3 is 2.87 bits per heavy atom. The largest absolute Gasteiger partial charge is 0.329 e. The van der Waals surface area contributed by atoms with Gasteiger partial charge < -0.3 is 5.73 Å². The second-order valence-corrected chi connectivity index (χ2v) is 3.26. The second-order valence-electron chi connectivity index (χ2n) is 3.26. The summed E-state index contributed by atoms with van der Waals surface area (Å²) in [7, 11) is 0. The fraction of sp³-hybridized carbons (Fsp3) is 0.300. The van der Waals surface area contributed by atoms with E-state index in [-0.39, 0.29) is 18.2 Å². The highest BCUT2D eigenvalue weighted by molar-refractivity contribution is 5.85. The molecule has 0 aliphatic rings. The second kappa shape index (κ2) is 4.59. The van der Waals surface area contributed by atoms with Gasteiger partial charge in [0.25, 0.3) is 0 Å². The summed E-state index contributed by atoms with van der Waals surface area (Å²) in [5, 5.41) is 5.02. The summed E-state index contributed by atoms with van der Waals surface area (Å²) >= 11 is 0. The van der Waals surface area contributed by atoms with Crippen molar-refractivity contribution in [2.75, 3.05) is 6.54 Å². The van der Waals surface area contributed by atoms with Crippen LogP contribution in [0, 0.1) is 12.7 Å². The number of aryl methyl sites for hydroxylation is 1. The first-order chi connectivity index (χ1) is 6.74. The third kappa shape index (κ3) is 1.96. The van der Waals surface area contributed by atoms with E-state index in [1.165, 1.54) is 6.07 Å². The van der Waals surface area contributed by atoms with Crippen LogP contribution in [0.3, 0.4) is 0 Å². The molecule has 0 aliphatic carbocycles. The van der Waals surface area contributed by atoms with Gasteiger partial charge in [-0.15, -0.1) is 12.4 Å². The van der Waals surface area contributed by atoms with Crippen LogP contribution >= 0.6 is 12.4 Å². The van der Waals surface area contributed by atoms with Crippen molar-refractivity contribution in [3.8, 4) is 0 Å². The van der Waals surface area contributed by atoms with Gasteiger partial charge in [0.05, 0.1) is 18.3 Å². The molecule has 2 rings (SSSR count). The molecule has 2 N–H and O–H groups in total. The molecule has 0 bridgehead atoms. The number of halogens is 2. The molecule has 1 aromatic heterocycles. The molecule has 0 unspecified atom stereocenters. The minimum absolute atomic E-state index is 0. The molecule has 0 radical (unpaired) electrons. The summed E-state index contributed by atoms with van der Waals surface area (Å²) in [6.07, 6.45) is 1.68. The molecule has 0 aliphatic heterocycles. The zero-order valence-corrected chi connectivity index (χ0v) is 9.22. The maximum Gasteiger partial charge on any atom is 0.126 e. The molecule has 0 atom stereocenters. The van der Waals surface area contributed by atoms with E-state index in [4.69, 9.17) is 5.73 Å². The van der Waals surface area contributed by atoms with Gasteiger partial charge in [-0.3, -0.25) is 4.68 Å². The van der Waals surface area contributed by atoms with Crippen LogP contribution in [0.1, 0.15) is 5.56 Å². The summed E-state index contributed by atoms with van der Waals surface area (Å²) < 4.78 is 15.0.